The van der Waals surface area contributed by atoms with Gasteiger partial charge in [0.2, 0.25) is 0 Å². The van der Waals surface area contributed by atoms with Crippen LogP contribution in [0.1, 0.15) is 41.0 Å². The summed E-state index contributed by atoms with van der Waals surface area (Å²) < 4.78 is 51.3. The molecule has 0 spiro atoms. The van der Waals surface area contributed by atoms with E-state index in [-0.39, 0.29) is 30.4 Å². The van der Waals surface area contributed by atoms with Crippen LogP contribution in [0.15, 0.2) is 66.7 Å². The van der Waals surface area contributed by atoms with Crippen LogP contribution in [0.25, 0.3) is 0 Å². The molecule has 0 aliphatic heterocycles. The minimum atomic E-state index is -4.50. The van der Waals surface area contributed by atoms with Crippen LogP contribution in [0, 0.1) is 0 Å². The van der Waals surface area contributed by atoms with Gasteiger partial charge in [-0.15, -0.1) is 0 Å². The van der Waals surface area contributed by atoms with E-state index >= 15 is 0 Å². The lowest BCUT2D eigenvalue weighted by Crippen LogP contribution is -2.06. The number of carboxylic acids is 1. The maximum atomic E-state index is 13.2. The van der Waals surface area contributed by atoms with Gasteiger partial charge in [-0.1, -0.05) is 36.4 Å². The van der Waals surface area contributed by atoms with Crippen LogP contribution in [0.4, 0.5) is 13.2 Å². The lowest BCUT2D eigenvalue weighted by Gasteiger charge is -2.16. The van der Waals surface area contributed by atoms with Crippen LogP contribution in [0.2, 0.25) is 0 Å². The summed E-state index contributed by atoms with van der Waals surface area (Å²) in [7, 11) is 0. The average Bonchev–Trinajstić information content (AvgIpc) is 3.14. The van der Waals surface area contributed by atoms with Gasteiger partial charge in [-0.3, -0.25) is 4.79 Å². The van der Waals surface area contributed by atoms with Gasteiger partial charge in [0.05, 0.1) is 12.0 Å². The number of aryl methyl sites for hydroxylation is 1. The molecule has 4 rings (SSSR count). The van der Waals surface area contributed by atoms with Crippen molar-refractivity contribution in [3.63, 3.8) is 0 Å². The van der Waals surface area contributed by atoms with Crippen molar-refractivity contribution < 1.29 is 32.5 Å². The Morgan fingerprint density at radius 1 is 1.00 bits per heavy atom. The predicted octanol–water partition coefficient (Wildman–Crippen LogP) is 6.58. The van der Waals surface area contributed by atoms with E-state index in [1.54, 1.807) is 6.07 Å². The number of hydrogen-bond donors (Lipinski definition) is 1. The molecule has 1 N–H and O–H groups in total. The summed E-state index contributed by atoms with van der Waals surface area (Å²) in [5.74, 6) is -0.244. The average molecular weight is 442 g/mol. The zero-order chi connectivity index (χ0) is 22.7. The first-order chi connectivity index (χ1) is 15.3. The molecule has 0 bridgehead atoms. The Morgan fingerprint density at radius 2 is 1.78 bits per heavy atom. The molecular weight excluding hydrogens is 421 g/mol. The molecular formula is C25H21F3O4. The SMILES string of the molecule is O=C(O)C[C@@H]1CCc2cc(Oc3ccc(C(F)(F)F)cc3OCc3ccccc3)ccc21. The van der Waals surface area contributed by atoms with E-state index in [0.29, 0.717) is 5.75 Å². The Balaban J connectivity index is 1.58. The molecule has 0 saturated heterocycles. The quantitative estimate of drug-likeness (QED) is 0.449. The van der Waals surface area contributed by atoms with E-state index in [2.05, 4.69) is 0 Å². The van der Waals surface area contributed by atoms with Crippen molar-refractivity contribution >= 4 is 5.97 Å². The lowest BCUT2D eigenvalue weighted by molar-refractivity contribution is -0.138. The molecule has 4 nitrogen and oxygen atoms in total. The zero-order valence-electron chi connectivity index (χ0n) is 17.1. The summed E-state index contributed by atoms with van der Waals surface area (Å²) in [4.78, 5) is 11.1. The standard InChI is InChI=1S/C25H21F3O4/c26-25(27,28)19-8-11-22(23(14-19)31-15-16-4-2-1-3-5-16)32-20-9-10-21-17(12-20)6-7-18(21)13-24(29)30/h1-5,8-12,14,18H,6-7,13,15H2,(H,29,30)/t18-/m0/s1. The molecule has 1 aliphatic carbocycles. The third-order valence-electron chi connectivity index (χ3n) is 5.47. The molecule has 0 radical (unpaired) electrons. The first kappa shape index (κ1) is 21.7. The Labute approximate surface area is 183 Å². The van der Waals surface area contributed by atoms with E-state index in [1.807, 2.05) is 42.5 Å². The van der Waals surface area contributed by atoms with Gasteiger partial charge in [0.15, 0.2) is 11.5 Å². The number of ether oxygens (including phenoxy) is 2. The fourth-order valence-electron chi connectivity index (χ4n) is 3.91. The highest BCUT2D eigenvalue weighted by Gasteiger charge is 2.32. The molecule has 1 aliphatic rings. The van der Waals surface area contributed by atoms with Crippen LogP contribution in [0.5, 0.6) is 17.2 Å². The van der Waals surface area contributed by atoms with Gasteiger partial charge < -0.3 is 14.6 Å². The molecule has 3 aromatic rings. The van der Waals surface area contributed by atoms with E-state index < -0.39 is 17.7 Å². The molecule has 166 valence electrons. The van der Waals surface area contributed by atoms with Crippen molar-refractivity contribution in [2.45, 2.75) is 38.0 Å². The maximum absolute atomic E-state index is 13.2. The van der Waals surface area contributed by atoms with Gasteiger partial charge in [-0.2, -0.15) is 13.2 Å². The molecule has 3 aromatic carbocycles. The number of hydrogen-bond acceptors (Lipinski definition) is 3. The smallest absolute Gasteiger partial charge is 0.416 e. The van der Waals surface area contributed by atoms with Crippen molar-refractivity contribution in [3.05, 3.63) is 89.0 Å². The van der Waals surface area contributed by atoms with Crippen LogP contribution in [-0.2, 0) is 24.0 Å². The Morgan fingerprint density at radius 3 is 2.50 bits per heavy atom. The number of alkyl halides is 3. The minimum Gasteiger partial charge on any atom is -0.485 e. The monoisotopic (exact) mass is 442 g/mol. The molecule has 32 heavy (non-hydrogen) atoms. The van der Waals surface area contributed by atoms with Crippen molar-refractivity contribution in [1.29, 1.82) is 0 Å². The second-order valence-corrected chi connectivity index (χ2v) is 7.73. The van der Waals surface area contributed by atoms with Crippen LogP contribution in [0.3, 0.4) is 0 Å². The number of aliphatic carboxylic acids is 1. The van der Waals surface area contributed by atoms with Crippen molar-refractivity contribution in [3.8, 4) is 17.2 Å². The van der Waals surface area contributed by atoms with Crippen molar-refractivity contribution in [1.82, 2.24) is 0 Å². The third kappa shape index (κ3) is 5.04. The Hall–Kier alpha value is -3.48. The second-order valence-electron chi connectivity index (χ2n) is 7.73. The number of rotatable bonds is 7. The van der Waals surface area contributed by atoms with Gasteiger partial charge >= 0.3 is 12.1 Å². The first-order valence-electron chi connectivity index (χ1n) is 10.2. The van der Waals surface area contributed by atoms with Crippen molar-refractivity contribution in [2.24, 2.45) is 0 Å². The van der Waals surface area contributed by atoms with E-state index in [1.165, 1.54) is 6.07 Å². The molecule has 0 heterocycles. The van der Waals surface area contributed by atoms with E-state index in [4.69, 9.17) is 14.6 Å². The summed E-state index contributed by atoms with van der Waals surface area (Å²) in [6.07, 6.45) is -2.95. The molecule has 1 atom stereocenters. The topological polar surface area (TPSA) is 55.8 Å². The molecule has 0 fully saturated rings. The zero-order valence-corrected chi connectivity index (χ0v) is 17.1. The number of fused-ring (bicyclic) bond motifs is 1. The number of carboxylic acid groups (broad SMARTS) is 1. The van der Waals surface area contributed by atoms with Crippen LogP contribution < -0.4 is 9.47 Å². The van der Waals surface area contributed by atoms with Gasteiger partial charge in [0.25, 0.3) is 0 Å². The lowest BCUT2D eigenvalue weighted by atomic mass is 9.98. The maximum Gasteiger partial charge on any atom is 0.416 e. The fraction of sp³-hybridized carbons (Fsp3) is 0.240. The molecule has 0 saturated carbocycles. The summed E-state index contributed by atoms with van der Waals surface area (Å²) in [5.41, 5.74) is 1.97. The van der Waals surface area contributed by atoms with Gasteiger partial charge in [0, 0.05) is 0 Å². The molecule has 0 aromatic heterocycles. The normalized spacial score (nSPS) is 15.3. The van der Waals surface area contributed by atoms with Crippen LogP contribution >= 0.6 is 0 Å². The van der Waals surface area contributed by atoms with Crippen LogP contribution in [-0.4, -0.2) is 11.1 Å². The number of halogens is 3. The van der Waals surface area contributed by atoms with Gasteiger partial charge in [-0.25, -0.2) is 0 Å². The summed E-state index contributed by atoms with van der Waals surface area (Å²) in [6.45, 7) is 0.0968. The molecule has 7 heteroatoms. The largest absolute Gasteiger partial charge is 0.485 e. The van der Waals surface area contributed by atoms with Crippen molar-refractivity contribution in [2.75, 3.05) is 0 Å². The highest BCUT2D eigenvalue weighted by atomic mass is 19.4. The summed E-state index contributed by atoms with van der Waals surface area (Å²) in [6, 6.07) is 17.6. The highest BCUT2D eigenvalue weighted by Crippen LogP contribution is 2.41. The van der Waals surface area contributed by atoms with Gasteiger partial charge in [0.1, 0.15) is 12.4 Å². The van der Waals surface area contributed by atoms with E-state index in [0.717, 1.165) is 41.7 Å². The predicted molar refractivity (Wildman–Crippen MR) is 112 cm³/mol. The Kier molecular flexibility index (Phi) is 6.08. The fourth-order valence-corrected chi connectivity index (χ4v) is 3.91. The summed E-state index contributed by atoms with van der Waals surface area (Å²) in [5, 5.41) is 9.07. The summed E-state index contributed by atoms with van der Waals surface area (Å²) >= 11 is 0. The number of benzene rings is 3. The second kappa shape index (κ2) is 8.94. The first-order valence-corrected chi connectivity index (χ1v) is 10.2. The third-order valence-corrected chi connectivity index (χ3v) is 5.47. The molecule has 0 unspecified atom stereocenters. The minimum absolute atomic E-state index is 0.00655. The number of carbonyl (C=O) groups is 1. The van der Waals surface area contributed by atoms with Gasteiger partial charge in [-0.05, 0) is 65.8 Å². The Bertz CT molecular complexity index is 1110. The molecule has 0 amide bonds. The van der Waals surface area contributed by atoms with E-state index in [9.17, 15) is 18.0 Å². The highest BCUT2D eigenvalue weighted by molar-refractivity contribution is 5.68.